The van der Waals surface area contributed by atoms with Crippen molar-refractivity contribution in [3.05, 3.63) is 100 Å². The number of nitrogens with zero attached hydrogens (tertiary/aromatic N) is 3. The van der Waals surface area contributed by atoms with Crippen LogP contribution in [0, 0.1) is 6.92 Å². The molecular formula is C32H36N6O3. The molecule has 3 heterocycles. The van der Waals surface area contributed by atoms with Crippen molar-refractivity contribution in [2.24, 2.45) is 0 Å². The van der Waals surface area contributed by atoms with Crippen LogP contribution in [0.15, 0.2) is 78.0 Å². The molecular weight excluding hydrogens is 516 g/mol. The molecule has 41 heavy (non-hydrogen) atoms. The number of aryl methyl sites for hydroxylation is 1. The zero-order valence-corrected chi connectivity index (χ0v) is 23.7. The van der Waals surface area contributed by atoms with Gasteiger partial charge in [-0.3, -0.25) is 14.3 Å². The quantitative estimate of drug-likeness (QED) is 0.179. The number of amides is 1. The number of hydrogen-bond acceptors (Lipinski definition) is 5. The number of nitrogens with one attached hydrogen (secondary N) is 3. The van der Waals surface area contributed by atoms with Gasteiger partial charge in [0.05, 0.1) is 41.9 Å². The number of carbonyl (C=O) groups excluding carboxylic acids is 1. The van der Waals surface area contributed by atoms with Crippen molar-refractivity contribution in [3.8, 4) is 17.0 Å². The lowest BCUT2D eigenvalue weighted by Gasteiger charge is -2.17. The van der Waals surface area contributed by atoms with Crippen LogP contribution in [0.4, 0.5) is 5.69 Å². The second kappa shape index (κ2) is 12.7. The highest BCUT2D eigenvalue weighted by atomic mass is 16.5. The van der Waals surface area contributed by atoms with Crippen LogP contribution in [-0.2, 0) is 6.54 Å². The molecule has 0 saturated carbocycles. The summed E-state index contributed by atoms with van der Waals surface area (Å²) in [5.41, 5.74) is 4.92. The Labute approximate surface area is 239 Å². The van der Waals surface area contributed by atoms with Crippen molar-refractivity contribution in [3.63, 3.8) is 0 Å². The van der Waals surface area contributed by atoms with E-state index >= 15 is 0 Å². The minimum absolute atomic E-state index is 0.256. The number of ether oxygens (including phenoxy) is 1. The lowest BCUT2D eigenvalue weighted by Crippen LogP contribution is -2.25. The standard InChI is InChI=1S/C32H36N6O3/c1-4-37(5-2)13-6-14-41-27-11-12-29-24(15-27)16-30(36-29)28-17-26(19-33-32(28)40)35-31(39)25-18-34-38(21-25)20-23-9-7-22(3)8-10-23/h7-12,15-19,21,36H,4-6,13-14,20H2,1-3H3,(H,33,40)(H,35,39). The van der Waals surface area contributed by atoms with Crippen LogP contribution in [0.1, 0.15) is 41.8 Å². The van der Waals surface area contributed by atoms with Crippen molar-refractivity contribution < 1.29 is 9.53 Å². The zero-order chi connectivity index (χ0) is 28.8. The maximum Gasteiger partial charge on any atom is 0.258 e. The number of rotatable bonds is 12. The summed E-state index contributed by atoms with van der Waals surface area (Å²) >= 11 is 0. The van der Waals surface area contributed by atoms with E-state index in [9.17, 15) is 9.59 Å². The molecule has 0 saturated heterocycles. The van der Waals surface area contributed by atoms with E-state index in [1.54, 1.807) is 16.9 Å². The monoisotopic (exact) mass is 552 g/mol. The Morgan fingerprint density at radius 3 is 2.66 bits per heavy atom. The fourth-order valence-corrected chi connectivity index (χ4v) is 4.77. The van der Waals surface area contributed by atoms with E-state index in [4.69, 9.17) is 4.74 Å². The van der Waals surface area contributed by atoms with E-state index in [0.717, 1.165) is 48.3 Å². The van der Waals surface area contributed by atoms with Gasteiger partial charge >= 0.3 is 0 Å². The molecule has 0 fully saturated rings. The van der Waals surface area contributed by atoms with Gasteiger partial charge in [0.15, 0.2) is 0 Å². The van der Waals surface area contributed by atoms with E-state index < -0.39 is 0 Å². The van der Waals surface area contributed by atoms with Crippen LogP contribution in [0.25, 0.3) is 22.2 Å². The Balaban J connectivity index is 1.25. The smallest absolute Gasteiger partial charge is 0.258 e. The molecule has 3 aromatic heterocycles. The molecule has 0 bridgehead atoms. The number of aromatic nitrogens is 4. The van der Waals surface area contributed by atoms with Gasteiger partial charge in [0.25, 0.3) is 11.5 Å². The maximum absolute atomic E-state index is 12.9. The number of carbonyl (C=O) groups is 1. The number of anilines is 1. The molecule has 9 heteroatoms. The number of fused-ring (bicyclic) bond motifs is 1. The predicted molar refractivity (Wildman–Crippen MR) is 163 cm³/mol. The maximum atomic E-state index is 12.9. The van der Waals surface area contributed by atoms with Gasteiger partial charge in [0.2, 0.25) is 0 Å². The Hall–Kier alpha value is -4.63. The highest BCUT2D eigenvalue weighted by molar-refractivity contribution is 6.04. The van der Waals surface area contributed by atoms with Gasteiger partial charge in [-0.1, -0.05) is 43.7 Å². The van der Waals surface area contributed by atoms with Gasteiger partial charge in [-0.15, -0.1) is 0 Å². The average Bonchev–Trinajstić information content (AvgIpc) is 3.62. The normalized spacial score (nSPS) is 11.3. The summed E-state index contributed by atoms with van der Waals surface area (Å²) in [6, 6.07) is 17.6. The topological polar surface area (TPSA) is 108 Å². The van der Waals surface area contributed by atoms with E-state index in [1.807, 2.05) is 43.3 Å². The third kappa shape index (κ3) is 6.93. The first-order valence-corrected chi connectivity index (χ1v) is 14.0. The molecule has 212 valence electrons. The number of aromatic amines is 2. The average molecular weight is 553 g/mol. The van der Waals surface area contributed by atoms with Gasteiger partial charge in [0.1, 0.15) is 5.75 Å². The van der Waals surface area contributed by atoms with Gasteiger partial charge in [-0.25, -0.2) is 0 Å². The van der Waals surface area contributed by atoms with Gasteiger partial charge in [-0.05, 0) is 62.3 Å². The molecule has 5 rings (SSSR count). The first kappa shape index (κ1) is 27.9. The third-order valence-corrected chi connectivity index (χ3v) is 7.19. The summed E-state index contributed by atoms with van der Waals surface area (Å²) in [4.78, 5) is 34.1. The Bertz CT molecular complexity index is 1680. The van der Waals surface area contributed by atoms with Crippen molar-refractivity contribution >= 4 is 22.5 Å². The van der Waals surface area contributed by atoms with E-state index in [2.05, 4.69) is 51.3 Å². The van der Waals surface area contributed by atoms with Crippen LogP contribution in [-0.4, -0.2) is 56.8 Å². The summed E-state index contributed by atoms with van der Waals surface area (Å²) in [5, 5.41) is 8.14. The van der Waals surface area contributed by atoms with Crippen LogP contribution in [0.5, 0.6) is 5.75 Å². The summed E-state index contributed by atoms with van der Waals surface area (Å²) < 4.78 is 7.70. The molecule has 0 atom stereocenters. The van der Waals surface area contributed by atoms with Crippen LogP contribution in [0.3, 0.4) is 0 Å². The summed E-state index contributed by atoms with van der Waals surface area (Å²) in [6.45, 7) is 10.7. The lowest BCUT2D eigenvalue weighted by atomic mass is 10.1. The van der Waals surface area contributed by atoms with Gasteiger partial charge < -0.3 is 24.9 Å². The lowest BCUT2D eigenvalue weighted by molar-refractivity contribution is 0.102. The van der Waals surface area contributed by atoms with Crippen molar-refractivity contribution in [2.75, 3.05) is 31.6 Å². The fourth-order valence-electron chi connectivity index (χ4n) is 4.77. The van der Waals surface area contributed by atoms with Crippen LogP contribution >= 0.6 is 0 Å². The molecule has 0 aliphatic carbocycles. The molecule has 0 aliphatic heterocycles. The highest BCUT2D eigenvalue weighted by Crippen LogP contribution is 2.27. The summed E-state index contributed by atoms with van der Waals surface area (Å²) in [7, 11) is 0. The second-order valence-corrected chi connectivity index (χ2v) is 10.2. The fraction of sp³-hybridized carbons (Fsp3) is 0.281. The molecule has 9 nitrogen and oxygen atoms in total. The van der Waals surface area contributed by atoms with Crippen molar-refractivity contribution in [2.45, 2.75) is 33.7 Å². The van der Waals surface area contributed by atoms with Crippen molar-refractivity contribution in [1.82, 2.24) is 24.6 Å². The molecule has 0 spiro atoms. The third-order valence-electron chi connectivity index (χ3n) is 7.19. The summed E-state index contributed by atoms with van der Waals surface area (Å²) in [6.07, 6.45) is 5.70. The molecule has 5 aromatic rings. The van der Waals surface area contributed by atoms with Crippen LogP contribution in [0.2, 0.25) is 0 Å². The minimum Gasteiger partial charge on any atom is -0.494 e. The van der Waals surface area contributed by atoms with Crippen LogP contribution < -0.4 is 15.6 Å². The zero-order valence-electron chi connectivity index (χ0n) is 23.7. The van der Waals surface area contributed by atoms with Crippen molar-refractivity contribution in [1.29, 1.82) is 0 Å². The SMILES string of the molecule is CCN(CC)CCCOc1ccc2[nH]c(-c3cc(NC(=O)c4cnn(Cc5ccc(C)cc5)c4)c[nH]c3=O)cc2c1. The molecule has 2 aromatic carbocycles. The predicted octanol–water partition coefficient (Wildman–Crippen LogP) is 5.44. The number of hydrogen-bond donors (Lipinski definition) is 3. The second-order valence-electron chi connectivity index (χ2n) is 10.2. The molecule has 3 N–H and O–H groups in total. The molecule has 0 aliphatic rings. The van der Waals surface area contributed by atoms with E-state index in [1.165, 1.54) is 18.0 Å². The highest BCUT2D eigenvalue weighted by Gasteiger charge is 2.13. The largest absolute Gasteiger partial charge is 0.494 e. The Morgan fingerprint density at radius 1 is 1.07 bits per heavy atom. The molecule has 1 amide bonds. The number of benzene rings is 2. The molecule has 0 radical (unpaired) electrons. The summed E-state index contributed by atoms with van der Waals surface area (Å²) in [5.74, 6) is 0.484. The van der Waals surface area contributed by atoms with Gasteiger partial charge in [0, 0.05) is 29.8 Å². The van der Waals surface area contributed by atoms with E-state index in [-0.39, 0.29) is 11.5 Å². The Morgan fingerprint density at radius 2 is 1.88 bits per heavy atom. The van der Waals surface area contributed by atoms with Gasteiger partial charge in [-0.2, -0.15) is 5.10 Å². The van der Waals surface area contributed by atoms with E-state index in [0.29, 0.717) is 35.7 Å². The first-order chi connectivity index (χ1) is 19.9. The number of H-pyrrole nitrogens is 2. The molecule has 0 unspecified atom stereocenters. The number of pyridine rings is 1. The minimum atomic E-state index is -0.308. The Kier molecular flexibility index (Phi) is 8.64. The first-order valence-electron chi connectivity index (χ1n) is 14.0.